The van der Waals surface area contributed by atoms with Crippen LogP contribution in [0.3, 0.4) is 0 Å². The maximum absolute atomic E-state index is 13.8. The fourth-order valence-corrected chi connectivity index (χ4v) is 4.17. The molecule has 1 amide bonds. The lowest BCUT2D eigenvalue weighted by Gasteiger charge is -2.11. The molecule has 0 atom stereocenters. The number of halogens is 3. The van der Waals surface area contributed by atoms with Crippen LogP contribution in [0.15, 0.2) is 60.7 Å². The summed E-state index contributed by atoms with van der Waals surface area (Å²) >= 11 is 0.821. The van der Waals surface area contributed by atoms with Gasteiger partial charge in [0.25, 0.3) is 5.91 Å². The lowest BCUT2D eigenvalue weighted by molar-refractivity contribution is -0.136. The summed E-state index contributed by atoms with van der Waals surface area (Å²) < 4.78 is 46.6. The number of aromatic nitrogens is 1. The molecule has 0 unspecified atom stereocenters. The molecule has 0 saturated carbocycles. The summed E-state index contributed by atoms with van der Waals surface area (Å²) in [5.41, 5.74) is 5.96. The van der Waals surface area contributed by atoms with E-state index in [9.17, 15) is 18.0 Å². The molecule has 2 heterocycles. The van der Waals surface area contributed by atoms with E-state index in [1.165, 1.54) is 7.11 Å². The third-order valence-electron chi connectivity index (χ3n) is 4.61. The second kappa shape index (κ2) is 7.92. The highest BCUT2D eigenvalue weighted by Crippen LogP contribution is 2.43. The highest BCUT2D eigenvalue weighted by molar-refractivity contribution is 7.21. The van der Waals surface area contributed by atoms with Crippen LogP contribution in [-0.2, 0) is 6.18 Å². The van der Waals surface area contributed by atoms with E-state index in [0.29, 0.717) is 17.0 Å². The molecule has 158 valence electrons. The number of ether oxygens (including phenoxy) is 1. The average molecular weight is 443 g/mol. The van der Waals surface area contributed by atoms with Crippen molar-refractivity contribution in [3.05, 3.63) is 71.1 Å². The van der Waals surface area contributed by atoms with Crippen molar-refractivity contribution in [2.45, 2.75) is 6.18 Å². The van der Waals surface area contributed by atoms with Crippen LogP contribution in [-0.4, -0.2) is 18.0 Å². The van der Waals surface area contributed by atoms with Gasteiger partial charge in [0.1, 0.15) is 15.5 Å². The molecule has 31 heavy (non-hydrogen) atoms. The van der Waals surface area contributed by atoms with E-state index in [1.54, 1.807) is 54.6 Å². The number of pyridine rings is 1. The van der Waals surface area contributed by atoms with Crippen molar-refractivity contribution in [1.29, 1.82) is 0 Å². The van der Waals surface area contributed by atoms with E-state index >= 15 is 0 Å². The first kappa shape index (κ1) is 20.7. The number of nitrogens with one attached hydrogen (secondary N) is 1. The number of amides is 1. The van der Waals surface area contributed by atoms with Gasteiger partial charge in [0.2, 0.25) is 0 Å². The van der Waals surface area contributed by atoms with Crippen molar-refractivity contribution in [2.75, 3.05) is 18.2 Å². The summed E-state index contributed by atoms with van der Waals surface area (Å²) in [6.45, 7) is 0. The molecule has 0 aliphatic rings. The van der Waals surface area contributed by atoms with E-state index < -0.39 is 17.6 Å². The number of fused-ring (bicyclic) bond motifs is 1. The number of thiophene rings is 1. The number of anilines is 2. The minimum Gasteiger partial charge on any atom is -0.497 e. The smallest absolute Gasteiger partial charge is 0.417 e. The topological polar surface area (TPSA) is 77.2 Å². The summed E-state index contributed by atoms with van der Waals surface area (Å²) in [6, 6.07) is 16.1. The highest BCUT2D eigenvalue weighted by atomic mass is 32.1. The van der Waals surface area contributed by atoms with Crippen LogP contribution in [0.1, 0.15) is 15.2 Å². The number of methoxy groups -OCH3 is 1. The van der Waals surface area contributed by atoms with Crippen LogP contribution in [0.2, 0.25) is 0 Å². The molecule has 2 aromatic carbocycles. The molecule has 0 bridgehead atoms. The van der Waals surface area contributed by atoms with Gasteiger partial charge in [-0.3, -0.25) is 4.79 Å². The van der Waals surface area contributed by atoms with Gasteiger partial charge in [-0.05, 0) is 18.2 Å². The van der Waals surface area contributed by atoms with E-state index in [-0.39, 0.29) is 26.5 Å². The molecule has 0 aliphatic carbocycles. The van der Waals surface area contributed by atoms with Gasteiger partial charge in [-0.2, -0.15) is 13.2 Å². The van der Waals surface area contributed by atoms with Crippen molar-refractivity contribution in [3.8, 4) is 17.0 Å². The molecule has 0 aliphatic heterocycles. The quantitative estimate of drug-likeness (QED) is 0.416. The monoisotopic (exact) mass is 443 g/mol. The van der Waals surface area contributed by atoms with Crippen LogP contribution in [0.5, 0.6) is 5.75 Å². The average Bonchev–Trinajstić information content (AvgIpc) is 3.09. The second-order valence-electron chi connectivity index (χ2n) is 6.63. The lowest BCUT2D eigenvalue weighted by Crippen LogP contribution is -2.12. The summed E-state index contributed by atoms with van der Waals surface area (Å²) in [5, 5.41) is 2.37. The minimum absolute atomic E-state index is 0.0407. The van der Waals surface area contributed by atoms with Crippen molar-refractivity contribution in [2.24, 2.45) is 0 Å². The minimum atomic E-state index is -4.67. The number of hydrogen-bond donors (Lipinski definition) is 2. The van der Waals surface area contributed by atoms with Crippen LogP contribution >= 0.6 is 11.3 Å². The van der Waals surface area contributed by atoms with Gasteiger partial charge >= 0.3 is 6.18 Å². The highest BCUT2D eigenvalue weighted by Gasteiger charge is 2.36. The number of carbonyl (C=O) groups is 1. The van der Waals surface area contributed by atoms with Crippen molar-refractivity contribution < 1.29 is 22.7 Å². The third-order valence-corrected chi connectivity index (χ3v) is 5.71. The van der Waals surface area contributed by atoms with Gasteiger partial charge in [0.05, 0.1) is 24.1 Å². The Kier molecular flexibility index (Phi) is 5.28. The Morgan fingerprint density at radius 2 is 1.84 bits per heavy atom. The maximum Gasteiger partial charge on any atom is 0.417 e. The first-order valence-corrected chi connectivity index (χ1v) is 9.90. The van der Waals surface area contributed by atoms with Gasteiger partial charge in [-0.1, -0.05) is 36.4 Å². The molecular formula is C22H16F3N3O2S. The molecule has 0 saturated heterocycles. The molecule has 0 spiro atoms. The first-order valence-electron chi connectivity index (χ1n) is 9.09. The molecule has 4 rings (SSSR count). The fraction of sp³-hybridized carbons (Fsp3) is 0.0909. The fourth-order valence-electron chi connectivity index (χ4n) is 3.16. The van der Waals surface area contributed by atoms with Crippen LogP contribution < -0.4 is 15.8 Å². The van der Waals surface area contributed by atoms with E-state index in [0.717, 1.165) is 17.4 Å². The Bertz CT molecular complexity index is 1270. The Balaban J connectivity index is 1.82. The summed E-state index contributed by atoms with van der Waals surface area (Å²) in [5.74, 6) is -0.0984. The number of nitrogens with zero attached hydrogens (tertiary/aromatic N) is 1. The van der Waals surface area contributed by atoms with Gasteiger partial charge in [-0.25, -0.2) is 4.98 Å². The summed E-state index contributed by atoms with van der Waals surface area (Å²) in [7, 11) is 1.49. The lowest BCUT2D eigenvalue weighted by atomic mass is 10.1. The number of benzene rings is 2. The summed E-state index contributed by atoms with van der Waals surface area (Å²) in [4.78, 5) is 17.1. The zero-order valence-electron chi connectivity index (χ0n) is 16.2. The SMILES string of the molecule is COc1cccc(NC(=O)c2sc3nc(-c4ccccc4)cc(C(F)(F)F)c3c2N)c1. The standard InChI is InChI=1S/C22H16F3N3O2S/c1-30-14-9-5-8-13(10-14)27-20(29)19-18(26)17-15(22(23,24)25)11-16(28-21(17)31-19)12-6-3-2-4-7-12/h2-11H,26H2,1H3,(H,27,29). The number of carbonyl (C=O) groups excluding carboxylic acids is 1. The maximum atomic E-state index is 13.8. The normalized spacial score (nSPS) is 11.5. The predicted octanol–water partition coefficient (Wildman–Crippen LogP) is 5.83. The van der Waals surface area contributed by atoms with Gasteiger partial charge < -0.3 is 15.8 Å². The number of alkyl halides is 3. The number of nitrogens with two attached hydrogens (primary N) is 1. The molecule has 0 fully saturated rings. The van der Waals surface area contributed by atoms with E-state index in [4.69, 9.17) is 10.5 Å². The first-order chi connectivity index (χ1) is 14.8. The van der Waals surface area contributed by atoms with E-state index in [1.807, 2.05) is 0 Å². The van der Waals surface area contributed by atoms with E-state index in [2.05, 4.69) is 10.3 Å². The molecule has 9 heteroatoms. The molecule has 0 radical (unpaired) electrons. The molecule has 2 aromatic heterocycles. The zero-order valence-corrected chi connectivity index (χ0v) is 17.0. The van der Waals surface area contributed by atoms with Crippen molar-refractivity contribution in [1.82, 2.24) is 4.98 Å². The Morgan fingerprint density at radius 1 is 1.10 bits per heavy atom. The number of hydrogen-bond acceptors (Lipinski definition) is 5. The third kappa shape index (κ3) is 4.04. The van der Waals surface area contributed by atoms with Gasteiger partial charge in [0.15, 0.2) is 0 Å². The van der Waals surface area contributed by atoms with Crippen LogP contribution in [0, 0.1) is 0 Å². The zero-order chi connectivity index (χ0) is 22.2. The molecule has 3 N–H and O–H groups in total. The van der Waals surface area contributed by atoms with Gasteiger partial charge in [-0.15, -0.1) is 11.3 Å². The molecule has 4 aromatic rings. The van der Waals surface area contributed by atoms with Crippen molar-refractivity contribution >= 4 is 38.8 Å². The molecule has 5 nitrogen and oxygen atoms in total. The Morgan fingerprint density at radius 3 is 2.52 bits per heavy atom. The second-order valence-corrected chi connectivity index (χ2v) is 7.63. The number of rotatable bonds is 4. The predicted molar refractivity (Wildman–Crippen MR) is 115 cm³/mol. The molecular weight excluding hydrogens is 427 g/mol. The van der Waals surface area contributed by atoms with Crippen LogP contribution in [0.25, 0.3) is 21.5 Å². The number of nitrogen functional groups attached to an aromatic ring is 1. The largest absolute Gasteiger partial charge is 0.497 e. The van der Waals surface area contributed by atoms with Crippen LogP contribution in [0.4, 0.5) is 24.5 Å². The Hall–Kier alpha value is -3.59. The van der Waals surface area contributed by atoms with Crippen molar-refractivity contribution in [3.63, 3.8) is 0 Å². The Labute approximate surface area is 179 Å². The van der Waals surface area contributed by atoms with Gasteiger partial charge in [0, 0.05) is 22.7 Å². The summed E-state index contributed by atoms with van der Waals surface area (Å²) in [6.07, 6.45) is -4.67.